The number of nitrogens with zero attached hydrogens (tertiary/aromatic N) is 1. The molecule has 1 aromatic carbocycles. The van der Waals surface area contributed by atoms with Gasteiger partial charge in [0.1, 0.15) is 0 Å². The summed E-state index contributed by atoms with van der Waals surface area (Å²) in [5.41, 5.74) is 0.978. The first-order valence-electron chi connectivity index (χ1n) is 5.63. The third kappa shape index (κ3) is 2.91. The van der Waals surface area contributed by atoms with Crippen molar-refractivity contribution in [3.05, 3.63) is 32.7 Å². The van der Waals surface area contributed by atoms with Gasteiger partial charge < -0.3 is 4.90 Å². The van der Waals surface area contributed by atoms with E-state index in [1.165, 1.54) is 0 Å². The highest BCUT2D eigenvalue weighted by atomic mass is 79.9. The Morgan fingerprint density at radius 3 is 2.65 bits per heavy atom. The minimum atomic E-state index is 0.115. The van der Waals surface area contributed by atoms with Gasteiger partial charge in [-0.1, -0.05) is 29.8 Å². The smallest absolute Gasteiger partial charge is 0.255 e. The van der Waals surface area contributed by atoms with Crippen molar-refractivity contribution in [3.63, 3.8) is 0 Å². The lowest BCUT2D eigenvalue weighted by atomic mass is 9.93. The zero-order valence-electron chi connectivity index (χ0n) is 9.96. The summed E-state index contributed by atoms with van der Waals surface area (Å²) in [6.07, 6.45) is 1.07. The van der Waals surface area contributed by atoms with Gasteiger partial charge in [0.05, 0.1) is 5.56 Å². The number of likely N-dealkylation sites (tertiary alicyclic amines) is 1. The average Bonchev–Trinajstić information content (AvgIpc) is 2.61. The van der Waals surface area contributed by atoms with Gasteiger partial charge in [-0.2, -0.15) is 0 Å². The minimum Gasteiger partial charge on any atom is -0.338 e. The molecule has 0 spiro atoms. The maximum atomic E-state index is 12.4. The van der Waals surface area contributed by atoms with E-state index in [4.69, 9.17) is 0 Å². The summed E-state index contributed by atoms with van der Waals surface area (Å²) in [7, 11) is 0. The summed E-state index contributed by atoms with van der Waals surface area (Å²) < 4.78 is 1.79. The molecule has 0 saturated carbocycles. The van der Waals surface area contributed by atoms with Gasteiger partial charge in [0.15, 0.2) is 0 Å². The number of benzene rings is 1. The molecular formula is C13H15Br2NO. The van der Waals surface area contributed by atoms with Crippen LogP contribution in [0.25, 0.3) is 0 Å². The molecule has 2 rings (SSSR count). The SMILES string of the molecule is CC1(C)CCN(C(=O)c2cc(Br)ccc2Br)C1. The molecule has 1 saturated heterocycles. The highest BCUT2D eigenvalue weighted by Crippen LogP contribution is 2.31. The molecule has 17 heavy (non-hydrogen) atoms. The van der Waals surface area contributed by atoms with Crippen LogP contribution in [0.1, 0.15) is 30.6 Å². The molecule has 92 valence electrons. The maximum Gasteiger partial charge on any atom is 0.255 e. The fourth-order valence-electron chi connectivity index (χ4n) is 2.12. The maximum absolute atomic E-state index is 12.4. The van der Waals surface area contributed by atoms with Gasteiger partial charge in [0, 0.05) is 22.0 Å². The summed E-state index contributed by atoms with van der Waals surface area (Å²) >= 11 is 6.84. The van der Waals surface area contributed by atoms with E-state index in [1.807, 2.05) is 23.1 Å². The molecule has 0 aliphatic carbocycles. The minimum absolute atomic E-state index is 0.115. The Labute approximate surface area is 119 Å². The van der Waals surface area contributed by atoms with Crippen LogP contribution in [0.15, 0.2) is 27.1 Å². The lowest BCUT2D eigenvalue weighted by Crippen LogP contribution is -2.30. The van der Waals surface area contributed by atoms with Gasteiger partial charge in [0.25, 0.3) is 5.91 Å². The summed E-state index contributed by atoms with van der Waals surface area (Å²) in [6, 6.07) is 5.70. The Morgan fingerprint density at radius 2 is 2.06 bits per heavy atom. The van der Waals surface area contributed by atoms with Crippen molar-refractivity contribution in [1.29, 1.82) is 0 Å². The molecule has 1 amide bonds. The third-order valence-corrected chi connectivity index (χ3v) is 4.31. The van der Waals surface area contributed by atoms with Crippen molar-refractivity contribution in [2.75, 3.05) is 13.1 Å². The summed E-state index contributed by atoms with van der Waals surface area (Å²) in [5, 5.41) is 0. The Balaban J connectivity index is 2.23. The van der Waals surface area contributed by atoms with Crippen molar-refractivity contribution in [1.82, 2.24) is 4.90 Å². The van der Waals surface area contributed by atoms with Crippen LogP contribution in [0.3, 0.4) is 0 Å². The fourth-order valence-corrected chi connectivity index (χ4v) is 2.89. The van der Waals surface area contributed by atoms with E-state index in [0.29, 0.717) is 0 Å². The van der Waals surface area contributed by atoms with Crippen LogP contribution in [0.5, 0.6) is 0 Å². The Morgan fingerprint density at radius 1 is 1.35 bits per heavy atom. The monoisotopic (exact) mass is 359 g/mol. The third-order valence-electron chi connectivity index (χ3n) is 3.12. The lowest BCUT2D eigenvalue weighted by molar-refractivity contribution is 0.0777. The van der Waals surface area contributed by atoms with E-state index in [-0.39, 0.29) is 11.3 Å². The molecule has 1 fully saturated rings. The second-order valence-electron chi connectivity index (χ2n) is 5.27. The van der Waals surface area contributed by atoms with Gasteiger partial charge in [0.2, 0.25) is 0 Å². The van der Waals surface area contributed by atoms with Gasteiger partial charge in [-0.25, -0.2) is 0 Å². The van der Waals surface area contributed by atoms with E-state index in [9.17, 15) is 4.79 Å². The summed E-state index contributed by atoms with van der Waals surface area (Å²) in [5.74, 6) is 0.115. The summed E-state index contributed by atoms with van der Waals surface area (Å²) in [4.78, 5) is 14.3. The highest BCUT2D eigenvalue weighted by Gasteiger charge is 2.32. The standard InChI is InChI=1S/C13H15Br2NO/c1-13(2)5-6-16(8-13)12(17)10-7-9(14)3-4-11(10)15/h3-4,7H,5-6,8H2,1-2H3. The first-order chi connectivity index (χ1) is 7.89. The molecule has 0 N–H and O–H groups in total. The van der Waals surface area contributed by atoms with Gasteiger partial charge in [-0.05, 0) is 46.0 Å². The number of rotatable bonds is 1. The normalized spacial score (nSPS) is 18.5. The predicted octanol–water partition coefficient (Wildman–Crippen LogP) is 4.08. The molecule has 4 heteroatoms. The number of amides is 1. The molecular weight excluding hydrogens is 346 g/mol. The van der Waals surface area contributed by atoms with E-state index in [0.717, 1.165) is 34.0 Å². The molecule has 0 atom stereocenters. The number of carbonyl (C=O) groups excluding carboxylic acids is 1. The van der Waals surface area contributed by atoms with Crippen molar-refractivity contribution < 1.29 is 4.79 Å². The molecule has 0 aromatic heterocycles. The first kappa shape index (κ1) is 13.1. The number of hydrogen-bond acceptors (Lipinski definition) is 1. The Kier molecular flexibility index (Phi) is 3.64. The largest absolute Gasteiger partial charge is 0.338 e. The van der Waals surface area contributed by atoms with Gasteiger partial charge in [-0.15, -0.1) is 0 Å². The average molecular weight is 361 g/mol. The van der Waals surface area contributed by atoms with Crippen molar-refractivity contribution >= 4 is 37.8 Å². The van der Waals surface area contributed by atoms with Gasteiger partial charge >= 0.3 is 0 Å². The molecule has 1 aliphatic rings. The Bertz CT molecular complexity index is 457. The van der Waals surface area contributed by atoms with Crippen molar-refractivity contribution in [2.24, 2.45) is 5.41 Å². The van der Waals surface area contributed by atoms with Crippen molar-refractivity contribution in [3.8, 4) is 0 Å². The van der Waals surface area contributed by atoms with Crippen LogP contribution >= 0.6 is 31.9 Å². The fraction of sp³-hybridized carbons (Fsp3) is 0.462. The number of hydrogen-bond donors (Lipinski definition) is 0. The van der Waals surface area contributed by atoms with Crippen LogP contribution in [0, 0.1) is 5.41 Å². The molecule has 2 nitrogen and oxygen atoms in total. The predicted molar refractivity (Wildman–Crippen MR) is 76.1 cm³/mol. The zero-order chi connectivity index (χ0) is 12.6. The topological polar surface area (TPSA) is 20.3 Å². The molecule has 1 aliphatic heterocycles. The molecule has 1 heterocycles. The van der Waals surface area contributed by atoms with Gasteiger partial charge in [-0.3, -0.25) is 4.79 Å². The molecule has 0 unspecified atom stereocenters. The lowest BCUT2D eigenvalue weighted by Gasteiger charge is -2.20. The van der Waals surface area contributed by atoms with E-state index in [1.54, 1.807) is 0 Å². The van der Waals surface area contributed by atoms with Crippen LogP contribution in [-0.4, -0.2) is 23.9 Å². The first-order valence-corrected chi connectivity index (χ1v) is 7.22. The number of halogens is 2. The zero-order valence-corrected chi connectivity index (χ0v) is 13.1. The molecule has 0 bridgehead atoms. The second kappa shape index (κ2) is 4.73. The van der Waals surface area contributed by atoms with Crippen molar-refractivity contribution in [2.45, 2.75) is 20.3 Å². The summed E-state index contributed by atoms with van der Waals surface area (Å²) in [6.45, 7) is 6.10. The van der Waals surface area contributed by atoms with Crippen LogP contribution in [-0.2, 0) is 0 Å². The van der Waals surface area contributed by atoms with Crippen LogP contribution in [0.2, 0.25) is 0 Å². The number of carbonyl (C=O) groups is 1. The van der Waals surface area contributed by atoms with Crippen LogP contribution in [0.4, 0.5) is 0 Å². The molecule has 1 aromatic rings. The van der Waals surface area contributed by atoms with Crippen LogP contribution < -0.4 is 0 Å². The molecule has 0 radical (unpaired) electrons. The van der Waals surface area contributed by atoms with E-state index in [2.05, 4.69) is 45.7 Å². The highest BCUT2D eigenvalue weighted by molar-refractivity contribution is 9.11. The Hall–Kier alpha value is -0.350. The second-order valence-corrected chi connectivity index (χ2v) is 7.04. The van der Waals surface area contributed by atoms with E-state index < -0.39 is 0 Å². The quantitative estimate of drug-likeness (QED) is 0.738. The van der Waals surface area contributed by atoms with E-state index >= 15 is 0 Å².